The molecule has 2 fully saturated rings. The van der Waals surface area contributed by atoms with Crippen molar-refractivity contribution in [3.63, 3.8) is 0 Å². The van der Waals surface area contributed by atoms with Crippen LogP contribution in [0.2, 0.25) is 0 Å². The van der Waals surface area contributed by atoms with Gasteiger partial charge in [-0.1, -0.05) is 39.3 Å². The fraction of sp³-hybridized carbons (Fsp3) is 0.850. The summed E-state index contributed by atoms with van der Waals surface area (Å²) in [7, 11) is 0. The fourth-order valence-electron chi connectivity index (χ4n) is 3.38. The monoisotopic (exact) mass is 305 g/mol. The molecule has 2 atom stereocenters. The lowest BCUT2D eigenvalue weighted by Crippen LogP contribution is -2.42. The number of carbonyl (C=O) groups is 1. The largest absolute Gasteiger partial charge is 0.342 e. The molecule has 2 saturated carbocycles. The Hall–Kier alpha value is -0.790. The van der Waals surface area contributed by atoms with E-state index < -0.39 is 0 Å². The van der Waals surface area contributed by atoms with Gasteiger partial charge in [0.25, 0.3) is 0 Å². The summed E-state index contributed by atoms with van der Waals surface area (Å²) in [5, 5.41) is 0. The molecule has 2 rings (SSSR count). The Labute approximate surface area is 137 Å². The van der Waals surface area contributed by atoms with Crippen molar-refractivity contribution in [2.75, 3.05) is 13.1 Å². The Bertz CT molecular complexity index is 437. The van der Waals surface area contributed by atoms with E-state index in [0.717, 1.165) is 19.0 Å². The molecule has 0 radical (unpaired) electrons. The van der Waals surface area contributed by atoms with E-state index in [2.05, 4.69) is 52.5 Å². The number of hydrogen-bond acceptors (Lipinski definition) is 1. The first kappa shape index (κ1) is 17.6. The molecule has 2 nitrogen and oxygen atoms in total. The molecule has 0 heterocycles. The predicted octanol–water partition coefficient (Wildman–Crippen LogP) is 5.04. The summed E-state index contributed by atoms with van der Waals surface area (Å²) in [6, 6.07) is 0. The molecule has 2 aliphatic rings. The van der Waals surface area contributed by atoms with Gasteiger partial charge >= 0.3 is 0 Å². The third kappa shape index (κ3) is 4.86. The number of nitrogens with zero attached hydrogens (tertiary/aromatic N) is 1. The first-order chi connectivity index (χ1) is 10.1. The Morgan fingerprint density at radius 1 is 1.23 bits per heavy atom. The van der Waals surface area contributed by atoms with Crippen LogP contribution in [0.4, 0.5) is 0 Å². The zero-order chi connectivity index (χ0) is 16.5. The third-order valence-corrected chi connectivity index (χ3v) is 5.35. The van der Waals surface area contributed by atoms with E-state index in [1.165, 1.54) is 37.7 Å². The molecular formula is C20H35NO. The van der Waals surface area contributed by atoms with E-state index >= 15 is 0 Å². The number of carbonyl (C=O) groups excluding carboxylic acids is 1. The van der Waals surface area contributed by atoms with E-state index in [1.807, 2.05) is 0 Å². The number of allylic oxidation sites excluding steroid dienone is 2. The lowest BCUT2D eigenvalue weighted by Gasteiger charge is -2.30. The average Bonchev–Trinajstić information content (AvgIpc) is 3.27. The summed E-state index contributed by atoms with van der Waals surface area (Å²) >= 11 is 0. The minimum absolute atomic E-state index is 0.248. The maximum atomic E-state index is 12.7. The summed E-state index contributed by atoms with van der Waals surface area (Å²) in [4.78, 5) is 14.9. The lowest BCUT2D eigenvalue weighted by atomic mass is 9.93. The number of rotatable bonds is 7. The van der Waals surface area contributed by atoms with E-state index in [4.69, 9.17) is 0 Å². The second kappa shape index (κ2) is 6.37. The van der Waals surface area contributed by atoms with E-state index in [9.17, 15) is 4.79 Å². The summed E-state index contributed by atoms with van der Waals surface area (Å²) in [5.41, 5.74) is 1.63. The highest BCUT2D eigenvalue weighted by Gasteiger charge is 2.50. The molecule has 0 aromatic carbocycles. The van der Waals surface area contributed by atoms with Gasteiger partial charge in [-0.05, 0) is 63.2 Å². The minimum Gasteiger partial charge on any atom is -0.342 e. The SMILES string of the molecule is CC(C)=CCCC1(C)CC1CN(CC1CC1)C(=O)C(C)(C)C. The topological polar surface area (TPSA) is 20.3 Å². The summed E-state index contributed by atoms with van der Waals surface area (Å²) in [6.07, 6.45) is 8.73. The van der Waals surface area contributed by atoms with Crippen LogP contribution in [-0.2, 0) is 4.79 Å². The standard InChI is InChI=1S/C20H35NO/c1-15(2)8-7-11-20(6)12-17(20)14-21(13-16-9-10-16)18(22)19(3,4)5/h8,16-17H,7,9-14H2,1-6H3. The smallest absolute Gasteiger partial charge is 0.227 e. The van der Waals surface area contributed by atoms with Crippen LogP contribution in [0.3, 0.4) is 0 Å². The van der Waals surface area contributed by atoms with Crippen LogP contribution in [0.5, 0.6) is 0 Å². The van der Waals surface area contributed by atoms with Crippen molar-refractivity contribution in [1.82, 2.24) is 4.90 Å². The van der Waals surface area contributed by atoms with Crippen molar-refractivity contribution in [3.8, 4) is 0 Å². The third-order valence-electron chi connectivity index (χ3n) is 5.35. The Morgan fingerprint density at radius 3 is 2.36 bits per heavy atom. The van der Waals surface area contributed by atoms with Gasteiger partial charge in [-0.2, -0.15) is 0 Å². The lowest BCUT2D eigenvalue weighted by molar-refractivity contribution is -0.140. The van der Waals surface area contributed by atoms with Crippen molar-refractivity contribution >= 4 is 5.91 Å². The highest BCUT2D eigenvalue weighted by atomic mass is 16.2. The summed E-state index contributed by atoms with van der Waals surface area (Å²) in [6.45, 7) is 14.9. The first-order valence-electron chi connectivity index (χ1n) is 9.04. The van der Waals surface area contributed by atoms with Gasteiger partial charge in [-0.25, -0.2) is 0 Å². The van der Waals surface area contributed by atoms with Gasteiger partial charge in [0.2, 0.25) is 5.91 Å². The maximum absolute atomic E-state index is 12.7. The summed E-state index contributed by atoms with van der Waals surface area (Å²) < 4.78 is 0. The quantitative estimate of drug-likeness (QED) is 0.603. The van der Waals surface area contributed by atoms with E-state index in [-0.39, 0.29) is 5.41 Å². The van der Waals surface area contributed by atoms with Gasteiger partial charge in [0.05, 0.1) is 0 Å². The molecule has 0 aromatic rings. The predicted molar refractivity (Wildman–Crippen MR) is 93.6 cm³/mol. The second-order valence-corrected chi connectivity index (χ2v) is 9.28. The van der Waals surface area contributed by atoms with Crippen LogP contribution in [0, 0.1) is 22.7 Å². The van der Waals surface area contributed by atoms with E-state index in [1.54, 1.807) is 0 Å². The zero-order valence-electron chi connectivity index (χ0n) is 15.5. The van der Waals surface area contributed by atoms with Crippen molar-refractivity contribution < 1.29 is 4.79 Å². The Balaban J connectivity index is 1.88. The summed E-state index contributed by atoms with van der Waals surface area (Å²) in [5.74, 6) is 1.84. The number of amides is 1. The second-order valence-electron chi connectivity index (χ2n) is 9.28. The fourth-order valence-corrected chi connectivity index (χ4v) is 3.38. The van der Waals surface area contributed by atoms with Gasteiger partial charge in [-0.3, -0.25) is 4.79 Å². The van der Waals surface area contributed by atoms with Crippen LogP contribution in [0.25, 0.3) is 0 Å². The van der Waals surface area contributed by atoms with Crippen molar-refractivity contribution in [1.29, 1.82) is 0 Å². The molecule has 0 N–H and O–H groups in total. The van der Waals surface area contributed by atoms with Gasteiger partial charge < -0.3 is 4.90 Å². The van der Waals surface area contributed by atoms with Gasteiger partial charge in [0.15, 0.2) is 0 Å². The van der Waals surface area contributed by atoms with Crippen LogP contribution >= 0.6 is 0 Å². The molecule has 2 unspecified atom stereocenters. The molecule has 2 aliphatic carbocycles. The van der Waals surface area contributed by atoms with Crippen molar-refractivity contribution in [2.24, 2.45) is 22.7 Å². The Morgan fingerprint density at radius 2 is 1.86 bits per heavy atom. The Kier molecular flexibility index (Phi) is 5.09. The highest BCUT2D eigenvalue weighted by Crippen LogP contribution is 2.56. The molecule has 2 heteroatoms. The molecule has 0 bridgehead atoms. The van der Waals surface area contributed by atoms with Crippen molar-refractivity contribution in [2.45, 2.75) is 73.6 Å². The molecule has 0 aromatic heterocycles. The van der Waals surface area contributed by atoms with Crippen LogP contribution in [-0.4, -0.2) is 23.9 Å². The van der Waals surface area contributed by atoms with Crippen LogP contribution < -0.4 is 0 Å². The van der Waals surface area contributed by atoms with Crippen molar-refractivity contribution in [3.05, 3.63) is 11.6 Å². The van der Waals surface area contributed by atoms with E-state index in [0.29, 0.717) is 17.2 Å². The van der Waals surface area contributed by atoms with Crippen LogP contribution in [0.15, 0.2) is 11.6 Å². The molecule has 0 aliphatic heterocycles. The molecule has 0 saturated heterocycles. The van der Waals surface area contributed by atoms with Gasteiger partial charge in [-0.15, -0.1) is 0 Å². The normalized spacial score (nSPS) is 27.5. The first-order valence-corrected chi connectivity index (χ1v) is 9.04. The molecular weight excluding hydrogens is 270 g/mol. The van der Waals surface area contributed by atoms with Gasteiger partial charge in [0, 0.05) is 18.5 Å². The van der Waals surface area contributed by atoms with Gasteiger partial charge in [0.1, 0.15) is 0 Å². The highest BCUT2D eigenvalue weighted by molar-refractivity contribution is 5.81. The molecule has 22 heavy (non-hydrogen) atoms. The number of hydrogen-bond donors (Lipinski definition) is 0. The molecule has 1 amide bonds. The average molecular weight is 306 g/mol. The molecule has 126 valence electrons. The molecule has 0 spiro atoms. The zero-order valence-corrected chi connectivity index (χ0v) is 15.5. The maximum Gasteiger partial charge on any atom is 0.227 e. The van der Waals surface area contributed by atoms with Crippen LogP contribution in [0.1, 0.15) is 73.6 Å². The minimum atomic E-state index is -0.248.